The smallest absolute Gasteiger partial charge is 0.339 e. The minimum Gasteiger partial charge on any atom is -0.452 e. The number of amides is 1. The molecule has 2 aromatic rings. The van der Waals surface area contributed by atoms with Gasteiger partial charge in [-0.3, -0.25) is 4.79 Å². The molecule has 8 heteroatoms. The molecule has 1 amide bonds. The maximum atomic E-state index is 12.6. The third-order valence-corrected chi connectivity index (χ3v) is 8.09. The normalized spacial score (nSPS) is 17.8. The maximum absolute atomic E-state index is 12.6. The Bertz CT molecular complexity index is 1020. The highest BCUT2D eigenvalue weighted by Crippen LogP contribution is 2.37. The van der Waals surface area contributed by atoms with Gasteiger partial charge in [0.1, 0.15) is 11.1 Å². The van der Waals surface area contributed by atoms with E-state index in [1.807, 2.05) is 12.1 Å². The highest BCUT2D eigenvalue weighted by molar-refractivity contribution is 7.99. The number of fused-ring (bicyclic) bond motifs is 1. The number of nitriles is 1. The second-order valence-electron chi connectivity index (χ2n) is 7.95. The molecule has 1 N–H and O–H groups in total. The van der Waals surface area contributed by atoms with Crippen molar-refractivity contribution >= 4 is 40.0 Å². The summed E-state index contributed by atoms with van der Waals surface area (Å²) in [7, 11) is 0. The van der Waals surface area contributed by atoms with Gasteiger partial charge in [-0.2, -0.15) is 5.26 Å². The molecule has 2 heterocycles. The summed E-state index contributed by atoms with van der Waals surface area (Å²) in [5, 5.41) is 12.9. The molecule has 1 atom stereocenters. The molecule has 1 fully saturated rings. The number of nitrogens with zero attached hydrogens (tertiary/aromatic N) is 1. The SMILES string of the molecule is N#Cc1c(NC(=O)COC(=O)c2ccccc2SCC2CCCO2)sc2c1CCCCC2. The van der Waals surface area contributed by atoms with E-state index in [1.54, 1.807) is 23.9 Å². The molecule has 1 saturated heterocycles. The van der Waals surface area contributed by atoms with Crippen molar-refractivity contribution in [2.45, 2.75) is 55.9 Å². The molecule has 0 saturated carbocycles. The Morgan fingerprint density at radius 2 is 2.06 bits per heavy atom. The Morgan fingerprint density at radius 1 is 1.22 bits per heavy atom. The highest BCUT2D eigenvalue weighted by Gasteiger charge is 2.22. The molecule has 2 aliphatic rings. The molecule has 1 aliphatic carbocycles. The molecule has 32 heavy (non-hydrogen) atoms. The minimum absolute atomic E-state index is 0.213. The Labute approximate surface area is 196 Å². The number of thiophene rings is 1. The lowest BCUT2D eigenvalue weighted by atomic mass is 10.1. The molecule has 0 radical (unpaired) electrons. The molecule has 168 valence electrons. The molecule has 1 aromatic heterocycles. The van der Waals surface area contributed by atoms with Gasteiger partial charge in [0.15, 0.2) is 6.61 Å². The van der Waals surface area contributed by atoms with Gasteiger partial charge in [-0.15, -0.1) is 23.1 Å². The fraction of sp³-hybridized carbons (Fsp3) is 0.458. The summed E-state index contributed by atoms with van der Waals surface area (Å²) in [4.78, 5) is 27.1. The van der Waals surface area contributed by atoms with Crippen molar-refractivity contribution in [2.24, 2.45) is 0 Å². The van der Waals surface area contributed by atoms with Crippen LogP contribution in [0, 0.1) is 11.3 Å². The van der Waals surface area contributed by atoms with Crippen molar-refractivity contribution in [3.8, 4) is 6.07 Å². The summed E-state index contributed by atoms with van der Waals surface area (Å²) < 4.78 is 11.0. The number of nitrogens with one attached hydrogen (secondary N) is 1. The standard InChI is InChI=1S/C24H26N2O4S2/c25-13-19-17-8-2-1-3-11-21(17)32-23(19)26-22(27)14-30-24(28)18-9-4-5-10-20(18)31-15-16-7-6-12-29-16/h4-5,9-10,16H,1-3,6-8,11-12,14-15H2,(H,26,27). The van der Waals surface area contributed by atoms with Gasteiger partial charge in [-0.1, -0.05) is 18.6 Å². The van der Waals surface area contributed by atoms with E-state index in [0.717, 1.165) is 67.8 Å². The zero-order chi connectivity index (χ0) is 22.3. The quantitative estimate of drug-likeness (QED) is 0.350. The van der Waals surface area contributed by atoms with Crippen LogP contribution < -0.4 is 5.32 Å². The van der Waals surface area contributed by atoms with Gasteiger partial charge >= 0.3 is 5.97 Å². The van der Waals surface area contributed by atoms with Crippen LogP contribution in [0.4, 0.5) is 5.00 Å². The fourth-order valence-electron chi connectivity index (χ4n) is 4.04. The Kier molecular flexibility index (Phi) is 7.85. The third kappa shape index (κ3) is 5.52. The van der Waals surface area contributed by atoms with Crippen LogP contribution in [0.3, 0.4) is 0 Å². The van der Waals surface area contributed by atoms with Crippen LogP contribution in [0.1, 0.15) is 58.5 Å². The second-order valence-corrected chi connectivity index (χ2v) is 10.1. The van der Waals surface area contributed by atoms with Crippen LogP contribution in [0.2, 0.25) is 0 Å². The van der Waals surface area contributed by atoms with Gasteiger partial charge in [-0.05, 0) is 56.2 Å². The Morgan fingerprint density at radius 3 is 2.88 bits per heavy atom. The van der Waals surface area contributed by atoms with Crippen LogP contribution >= 0.6 is 23.1 Å². The first-order valence-electron chi connectivity index (χ1n) is 11.0. The first-order chi connectivity index (χ1) is 15.7. The maximum Gasteiger partial charge on any atom is 0.339 e. The number of aryl methyl sites for hydroxylation is 1. The molecule has 1 aromatic carbocycles. The number of esters is 1. The van der Waals surface area contributed by atoms with E-state index in [-0.39, 0.29) is 6.10 Å². The summed E-state index contributed by atoms with van der Waals surface area (Å²) in [6.07, 6.45) is 7.48. The van der Waals surface area contributed by atoms with E-state index in [1.165, 1.54) is 16.2 Å². The van der Waals surface area contributed by atoms with Crippen molar-refractivity contribution < 1.29 is 19.1 Å². The molecular weight excluding hydrogens is 444 g/mol. The predicted molar refractivity (Wildman–Crippen MR) is 125 cm³/mol. The molecule has 1 unspecified atom stereocenters. The molecule has 1 aliphatic heterocycles. The lowest BCUT2D eigenvalue weighted by molar-refractivity contribution is -0.119. The van der Waals surface area contributed by atoms with E-state index >= 15 is 0 Å². The Balaban J connectivity index is 1.35. The van der Waals surface area contributed by atoms with E-state index in [9.17, 15) is 14.9 Å². The number of anilines is 1. The van der Waals surface area contributed by atoms with Crippen LogP contribution in [0.15, 0.2) is 29.2 Å². The minimum atomic E-state index is -0.530. The van der Waals surface area contributed by atoms with Gasteiger partial charge in [0, 0.05) is 22.1 Å². The number of hydrogen-bond donors (Lipinski definition) is 1. The Hall–Kier alpha value is -2.34. The van der Waals surface area contributed by atoms with Crippen LogP contribution in [-0.4, -0.2) is 36.9 Å². The van der Waals surface area contributed by atoms with Gasteiger partial charge in [-0.25, -0.2) is 4.79 Å². The molecular formula is C24H26N2O4S2. The number of carbonyl (C=O) groups excluding carboxylic acids is 2. The summed E-state index contributed by atoms with van der Waals surface area (Å²) in [6, 6.07) is 9.50. The lowest BCUT2D eigenvalue weighted by Gasteiger charge is -2.12. The second kappa shape index (κ2) is 11.0. The summed E-state index contributed by atoms with van der Waals surface area (Å²) in [5.74, 6) is -0.182. The fourth-order valence-corrected chi connectivity index (χ4v) is 6.41. The molecule has 0 bridgehead atoms. The molecule has 4 rings (SSSR count). The summed E-state index contributed by atoms with van der Waals surface area (Å²) in [6.45, 7) is 0.405. The lowest BCUT2D eigenvalue weighted by Crippen LogP contribution is -2.21. The molecule has 0 spiro atoms. The van der Waals surface area contributed by atoms with E-state index in [0.29, 0.717) is 16.1 Å². The summed E-state index contributed by atoms with van der Waals surface area (Å²) >= 11 is 3.04. The predicted octanol–water partition coefficient (Wildman–Crippen LogP) is 4.96. The number of carbonyl (C=O) groups is 2. The first kappa shape index (κ1) is 22.8. The number of benzene rings is 1. The van der Waals surface area contributed by atoms with Crippen LogP contribution in [0.5, 0.6) is 0 Å². The first-order valence-corrected chi connectivity index (χ1v) is 12.8. The van der Waals surface area contributed by atoms with Gasteiger partial charge < -0.3 is 14.8 Å². The van der Waals surface area contributed by atoms with Crippen molar-refractivity contribution in [3.05, 3.63) is 45.8 Å². The van der Waals surface area contributed by atoms with Crippen molar-refractivity contribution in [1.29, 1.82) is 5.26 Å². The molecule has 6 nitrogen and oxygen atoms in total. The van der Waals surface area contributed by atoms with Crippen LogP contribution in [-0.2, 0) is 27.1 Å². The average Bonchev–Trinajstić information content (AvgIpc) is 3.37. The van der Waals surface area contributed by atoms with Crippen LogP contribution in [0.25, 0.3) is 0 Å². The summed E-state index contributed by atoms with van der Waals surface area (Å²) in [5.41, 5.74) is 2.07. The van der Waals surface area contributed by atoms with Crippen molar-refractivity contribution in [1.82, 2.24) is 0 Å². The average molecular weight is 471 g/mol. The third-order valence-electron chi connectivity index (χ3n) is 5.68. The largest absolute Gasteiger partial charge is 0.452 e. The zero-order valence-corrected chi connectivity index (χ0v) is 19.5. The number of hydrogen-bond acceptors (Lipinski definition) is 7. The van der Waals surface area contributed by atoms with Gasteiger partial charge in [0.25, 0.3) is 5.91 Å². The topological polar surface area (TPSA) is 88.4 Å². The number of ether oxygens (including phenoxy) is 2. The van der Waals surface area contributed by atoms with Crippen molar-refractivity contribution in [3.63, 3.8) is 0 Å². The van der Waals surface area contributed by atoms with E-state index < -0.39 is 18.5 Å². The zero-order valence-electron chi connectivity index (χ0n) is 17.9. The van der Waals surface area contributed by atoms with E-state index in [4.69, 9.17) is 9.47 Å². The highest BCUT2D eigenvalue weighted by atomic mass is 32.2. The van der Waals surface area contributed by atoms with Crippen molar-refractivity contribution in [2.75, 3.05) is 24.3 Å². The van der Waals surface area contributed by atoms with E-state index in [2.05, 4.69) is 11.4 Å². The number of rotatable bonds is 7. The van der Waals surface area contributed by atoms with Gasteiger partial charge in [0.05, 0.1) is 17.2 Å². The monoisotopic (exact) mass is 470 g/mol. The van der Waals surface area contributed by atoms with Gasteiger partial charge in [0.2, 0.25) is 0 Å². The number of thioether (sulfide) groups is 1.